The molecule has 0 spiro atoms. The Kier molecular flexibility index (Phi) is 4.65. The molecule has 0 saturated heterocycles. The van der Waals surface area contributed by atoms with Gasteiger partial charge in [-0.05, 0) is 43.1 Å². The number of nitrogens with one attached hydrogen (secondary N) is 2. The lowest BCUT2D eigenvalue weighted by Gasteiger charge is -2.18. The lowest BCUT2D eigenvalue weighted by atomic mass is 10.0. The van der Waals surface area contributed by atoms with E-state index >= 15 is 0 Å². The summed E-state index contributed by atoms with van der Waals surface area (Å²) in [5, 5.41) is 10.4. The molecular weight excluding hydrogens is 288 g/mol. The van der Waals surface area contributed by atoms with Crippen LogP contribution >= 0.6 is 12.4 Å². The van der Waals surface area contributed by atoms with Gasteiger partial charge in [-0.2, -0.15) is 5.10 Å². The van der Waals surface area contributed by atoms with E-state index in [-0.39, 0.29) is 18.3 Å². The topological polar surface area (TPSA) is 59.0 Å². The van der Waals surface area contributed by atoms with Crippen LogP contribution in [0.25, 0.3) is 0 Å². The number of anilines is 1. The second kappa shape index (κ2) is 6.28. The molecule has 112 valence electrons. The number of hydrogen-bond acceptors (Lipinski definition) is 3. The molecule has 0 atom stereocenters. The van der Waals surface area contributed by atoms with Gasteiger partial charge in [0.2, 0.25) is 0 Å². The first kappa shape index (κ1) is 15.5. The molecule has 6 heteroatoms. The maximum atomic E-state index is 12.2. The fourth-order valence-corrected chi connectivity index (χ4v) is 2.48. The summed E-state index contributed by atoms with van der Waals surface area (Å²) in [6.07, 6.45) is 2.65. The Bertz CT molecular complexity index is 666. The Morgan fingerprint density at radius 1 is 1.38 bits per heavy atom. The Labute approximate surface area is 130 Å². The van der Waals surface area contributed by atoms with Crippen molar-refractivity contribution in [1.82, 2.24) is 15.1 Å². The highest BCUT2D eigenvalue weighted by Crippen LogP contribution is 2.20. The molecule has 0 radical (unpaired) electrons. The number of benzene rings is 1. The van der Waals surface area contributed by atoms with E-state index in [4.69, 9.17) is 0 Å². The predicted molar refractivity (Wildman–Crippen MR) is 85.0 cm³/mol. The molecule has 0 saturated carbocycles. The van der Waals surface area contributed by atoms with Crippen LogP contribution in [0.15, 0.2) is 24.4 Å². The summed E-state index contributed by atoms with van der Waals surface area (Å²) in [5.41, 5.74) is 4.93. The van der Waals surface area contributed by atoms with Gasteiger partial charge in [0, 0.05) is 25.0 Å². The monoisotopic (exact) mass is 306 g/mol. The lowest BCUT2D eigenvalue weighted by molar-refractivity contribution is 0.102. The highest BCUT2D eigenvalue weighted by molar-refractivity contribution is 6.04. The largest absolute Gasteiger partial charge is 0.322 e. The van der Waals surface area contributed by atoms with E-state index in [1.807, 2.05) is 26.1 Å². The first-order valence-corrected chi connectivity index (χ1v) is 6.77. The number of halogens is 1. The van der Waals surface area contributed by atoms with Crippen LogP contribution in [0.5, 0.6) is 0 Å². The molecule has 3 rings (SSSR count). The number of rotatable bonds is 2. The fraction of sp³-hybridized carbons (Fsp3) is 0.333. The van der Waals surface area contributed by atoms with E-state index in [9.17, 15) is 4.79 Å². The second-order valence-electron chi connectivity index (χ2n) is 5.13. The van der Waals surface area contributed by atoms with Gasteiger partial charge >= 0.3 is 0 Å². The zero-order valence-corrected chi connectivity index (χ0v) is 13.0. The molecule has 0 bridgehead atoms. The van der Waals surface area contributed by atoms with Gasteiger partial charge in [0.25, 0.3) is 5.91 Å². The number of amides is 1. The zero-order chi connectivity index (χ0) is 14.1. The summed E-state index contributed by atoms with van der Waals surface area (Å²) in [7, 11) is 1.83. The summed E-state index contributed by atoms with van der Waals surface area (Å²) in [4.78, 5) is 12.2. The van der Waals surface area contributed by atoms with Crippen molar-refractivity contribution in [3.8, 4) is 0 Å². The van der Waals surface area contributed by atoms with Crippen molar-refractivity contribution in [3.63, 3.8) is 0 Å². The van der Waals surface area contributed by atoms with Gasteiger partial charge in [-0.1, -0.05) is 6.07 Å². The van der Waals surface area contributed by atoms with Gasteiger partial charge in [-0.15, -0.1) is 12.4 Å². The number of fused-ring (bicyclic) bond motifs is 1. The van der Waals surface area contributed by atoms with Crippen molar-refractivity contribution in [2.45, 2.75) is 19.9 Å². The van der Waals surface area contributed by atoms with Crippen LogP contribution in [0.3, 0.4) is 0 Å². The predicted octanol–water partition coefficient (Wildman–Crippen LogP) is 2.05. The molecule has 1 aliphatic rings. The van der Waals surface area contributed by atoms with Crippen molar-refractivity contribution in [3.05, 3.63) is 46.8 Å². The lowest BCUT2D eigenvalue weighted by Crippen LogP contribution is -2.23. The smallest absolute Gasteiger partial charge is 0.259 e. The molecule has 0 aliphatic carbocycles. The molecule has 21 heavy (non-hydrogen) atoms. The van der Waals surface area contributed by atoms with Crippen molar-refractivity contribution in [2.75, 3.05) is 11.9 Å². The van der Waals surface area contributed by atoms with E-state index < -0.39 is 0 Å². The highest BCUT2D eigenvalue weighted by atomic mass is 35.5. The number of carbonyl (C=O) groups excluding carboxylic acids is 1. The molecule has 5 nitrogen and oxygen atoms in total. The third kappa shape index (κ3) is 3.09. The summed E-state index contributed by atoms with van der Waals surface area (Å²) in [6, 6.07) is 6.11. The SMILES string of the molecule is Cc1c(C(=O)Nc2ccc3c(c2)CNCC3)cnn1C.Cl. The first-order chi connectivity index (χ1) is 9.65. The van der Waals surface area contributed by atoms with Crippen LogP contribution < -0.4 is 10.6 Å². The average molecular weight is 307 g/mol. The van der Waals surface area contributed by atoms with Gasteiger partial charge < -0.3 is 10.6 Å². The maximum absolute atomic E-state index is 12.2. The number of nitrogens with zero attached hydrogens (tertiary/aromatic N) is 2. The molecule has 1 amide bonds. The molecule has 2 heterocycles. The minimum atomic E-state index is -0.112. The number of aryl methyl sites for hydroxylation is 1. The second-order valence-corrected chi connectivity index (χ2v) is 5.13. The minimum absolute atomic E-state index is 0. The Hall–Kier alpha value is -1.85. The van der Waals surface area contributed by atoms with E-state index in [1.54, 1.807) is 10.9 Å². The molecule has 2 aromatic rings. The quantitative estimate of drug-likeness (QED) is 0.893. The van der Waals surface area contributed by atoms with Crippen LogP contribution in [0.1, 0.15) is 27.2 Å². The standard InChI is InChI=1S/C15H18N4O.ClH/c1-10-14(9-17-19(10)2)15(20)18-13-4-3-11-5-6-16-8-12(11)7-13;/h3-4,7,9,16H,5-6,8H2,1-2H3,(H,18,20);1H. The van der Waals surface area contributed by atoms with E-state index in [2.05, 4.69) is 21.8 Å². The van der Waals surface area contributed by atoms with Crippen molar-refractivity contribution in [1.29, 1.82) is 0 Å². The molecule has 0 unspecified atom stereocenters. The normalized spacial score (nSPS) is 13.2. The van der Waals surface area contributed by atoms with Gasteiger partial charge in [-0.25, -0.2) is 0 Å². The number of hydrogen-bond donors (Lipinski definition) is 2. The molecule has 0 fully saturated rings. The van der Waals surface area contributed by atoms with Gasteiger partial charge in [0.1, 0.15) is 0 Å². The number of carbonyl (C=O) groups is 1. The van der Waals surface area contributed by atoms with Crippen LogP contribution in [0, 0.1) is 6.92 Å². The van der Waals surface area contributed by atoms with Crippen LogP contribution in [-0.2, 0) is 20.0 Å². The van der Waals surface area contributed by atoms with Crippen LogP contribution in [-0.4, -0.2) is 22.2 Å². The van der Waals surface area contributed by atoms with Crippen molar-refractivity contribution in [2.24, 2.45) is 7.05 Å². The molecule has 1 aromatic heterocycles. The summed E-state index contributed by atoms with van der Waals surface area (Å²) in [5.74, 6) is -0.112. The van der Waals surface area contributed by atoms with E-state index in [1.165, 1.54) is 11.1 Å². The molecular formula is C15H19ClN4O. The molecule has 2 N–H and O–H groups in total. The van der Waals surface area contributed by atoms with Crippen LogP contribution in [0.2, 0.25) is 0 Å². The first-order valence-electron chi connectivity index (χ1n) is 6.77. The third-order valence-corrected chi connectivity index (χ3v) is 3.83. The molecule has 1 aromatic carbocycles. The van der Waals surface area contributed by atoms with Gasteiger partial charge in [0.05, 0.1) is 11.8 Å². The van der Waals surface area contributed by atoms with Gasteiger partial charge in [0.15, 0.2) is 0 Å². The maximum Gasteiger partial charge on any atom is 0.259 e. The summed E-state index contributed by atoms with van der Waals surface area (Å²) >= 11 is 0. The van der Waals surface area contributed by atoms with Crippen LogP contribution in [0.4, 0.5) is 5.69 Å². The van der Waals surface area contributed by atoms with Gasteiger partial charge in [-0.3, -0.25) is 9.48 Å². The minimum Gasteiger partial charge on any atom is -0.322 e. The Morgan fingerprint density at radius 2 is 2.19 bits per heavy atom. The summed E-state index contributed by atoms with van der Waals surface area (Å²) in [6.45, 7) is 3.78. The third-order valence-electron chi connectivity index (χ3n) is 3.83. The summed E-state index contributed by atoms with van der Waals surface area (Å²) < 4.78 is 1.70. The fourth-order valence-electron chi connectivity index (χ4n) is 2.48. The van der Waals surface area contributed by atoms with E-state index in [0.717, 1.165) is 30.9 Å². The van der Waals surface area contributed by atoms with E-state index in [0.29, 0.717) is 5.56 Å². The zero-order valence-electron chi connectivity index (χ0n) is 12.1. The highest BCUT2D eigenvalue weighted by Gasteiger charge is 2.14. The molecule has 1 aliphatic heterocycles. The Balaban J connectivity index is 0.00000161. The van der Waals surface area contributed by atoms with Crippen molar-refractivity contribution < 1.29 is 4.79 Å². The Morgan fingerprint density at radius 3 is 2.90 bits per heavy atom. The number of aromatic nitrogens is 2. The average Bonchev–Trinajstić information content (AvgIpc) is 2.79. The van der Waals surface area contributed by atoms with Crippen molar-refractivity contribution >= 4 is 24.0 Å².